The van der Waals surface area contributed by atoms with Gasteiger partial charge in [0, 0.05) is 6.07 Å². The molecule has 0 N–H and O–H groups in total. The monoisotopic (exact) mass is 252 g/mol. The third kappa shape index (κ3) is 3.15. The topological polar surface area (TPSA) is 26.3 Å². The molecule has 1 aromatic rings. The van der Waals surface area contributed by atoms with Crippen LogP contribution in [0.1, 0.15) is 29.6 Å². The Balaban J connectivity index is 1.93. The lowest BCUT2D eigenvalue weighted by atomic mass is 9.95. The van der Waals surface area contributed by atoms with Crippen LogP contribution in [0.25, 0.3) is 0 Å². The van der Waals surface area contributed by atoms with Crippen LogP contribution in [-0.4, -0.2) is 12.6 Å². The van der Waals surface area contributed by atoms with E-state index in [4.69, 9.17) is 4.74 Å². The number of esters is 1. The van der Waals surface area contributed by atoms with Crippen LogP contribution in [0.4, 0.5) is 8.78 Å². The zero-order valence-electron chi connectivity index (χ0n) is 9.86. The average molecular weight is 252 g/mol. The van der Waals surface area contributed by atoms with E-state index in [9.17, 15) is 13.6 Å². The molecule has 2 rings (SSSR count). The van der Waals surface area contributed by atoms with Gasteiger partial charge >= 0.3 is 5.97 Å². The van der Waals surface area contributed by atoms with Crippen LogP contribution >= 0.6 is 0 Å². The lowest BCUT2D eigenvalue weighted by Gasteiger charge is -2.17. The van der Waals surface area contributed by atoms with Crippen molar-refractivity contribution in [3.05, 3.63) is 47.5 Å². The van der Waals surface area contributed by atoms with Crippen LogP contribution < -0.4 is 0 Å². The molecule has 18 heavy (non-hydrogen) atoms. The third-order valence-electron chi connectivity index (χ3n) is 2.98. The molecular weight excluding hydrogens is 238 g/mol. The standard InChI is InChI=1S/C14H14F2O2/c15-11-6-7-12(13(16)8-11)14(17)18-9-10-4-2-1-3-5-10/h1-2,6-8,10H,3-5,9H2. The van der Waals surface area contributed by atoms with E-state index in [2.05, 4.69) is 12.2 Å². The highest BCUT2D eigenvalue weighted by Gasteiger charge is 2.17. The van der Waals surface area contributed by atoms with Crippen molar-refractivity contribution in [1.29, 1.82) is 0 Å². The van der Waals surface area contributed by atoms with Gasteiger partial charge < -0.3 is 4.74 Å². The molecular formula is C14H14F2O2. The molecule has 0 aromatic heterocycles. The normalized spacial score (nSPS) is 18.7. The molecule has 1 aliphatic carbocycles. The van der Waals surface area contributed by atoms with Crippen LogP contribution in [0.5, 0.6) is 0 Å². The highest BCUT2D eigenvalue weighted by atomic mass is 19.1. The summed E-state index contributed by atoms with van der Waals surface area (Å²) in [5.41, 5.74) is -0.220. The van der Waals surface area contributed by atoms with Crippen molar-refractivity contribution in [1.82, 2.24) is 0 Å². The first kappa shape index (κ1) is 12.7. The maximum atomic E-state index is 13.3. The van der Waals surface area contributed by atoms with Crippen LogP contribution in [0.2, 0.25) is 0 Å². The maximum absolute atomic E-state index is 13.3. The van der Waals surface area contributed by atoms with Gasteiger partial charge in [-0.05, 0) is 37.3 Å². The summed E-state index contributed by atoms with van der Waals surface area (Å²) >= 11 is 0. The Morgan fingerprint density at radius 3 is 2.83 bits per heavy atom. The Kier molecular flexibility index (Phi) is 4.07. The van der Waals surface area contributed by atoms with Crippen LogP contribution in [-0.2, 0) is 4.74 Å². The summed E-state index contributed by atoms with van der Waals surface area (Å²) in [4.78, 5) is 11.6. The summed E-state index contributed by atoms with van der Waals surface area (Å²) in [7, 11) is 0. The van der Waals surface area contributed by atoms with Gasteiger partial charge in [0.05, 0.1) is 12.2 Å². The minimum absolute atomic E-state index is 0.220. The summed E-state index contributed by atoms with van der Waals surface area (Å²) in [6.45, 7) is 0.278. The largest absolute Gasteiger partial charge is 0.462 e. The van der Waals surface area contributed by atoms with Gasteiger partial charge in [-0.15, -0.1) is 0 Å². The zero-order chi connectivity index (χ0) is 13.0. The lowest BCUT2D eigenvalue weighted by molar-refractivity contribution is 0.0427. The second-order valence-electron chi connectivity index (χ2n) is 4.37. The minimum Gasteiger partial charge on any atom is -0.462 e. The predicted molar refractivity (Wildman–Crippen MR) is 63.1 cm³/mol. The van der Waals surface area contributed by atoms with Crippen molar-refractivity contribution in [2.45, 2.75) is 19.3 Å². The Labute approximate surface area is 104 Å². The number of rotatable bonds is 3. The third-order valence-corrected chi connectivity index (χ3v) is 2.98. The number of halogens is 2. The van der Waals surface area contributed by atoms with Gasteiger partial charge in [-0.1, -0.05) is 12.2 Å². The van der Waals surface area contributed by atoms with Crippen molar-refractivity contribution < 1.29 is 18.3 Å². The molecule has 0 saturated carbocycles. The zero-order valence-corrected chi connectivity index (χ0v) is 9.86. The van der Waals surface area contributed by atoms with Crippen molar-refractivity contribution in [3.8, 4) is 0 Å². The molecule has 0 aliphatic heterocycles. The van der Waals surface area contributed by atoms with E-state index in [1.807, 2.05) is 0 Å². The van der Waals surface area contributed by atoms with Crippen LogP contribution in [0.3, 0.4) is 0 Å². The van der Waals surface area contributed by atoms with E-state index in [-0.39, 0.29) is 12.2 Å². The number of hydrogen-bond donors (Lipinski definition) is 0. The van der Waals surface area contributed by atoms with E-state index >= 15 is 0 Å². The number of benzene rings is 1. The smallest absolute Gasteiger partial charge is 0.341 e. The molecule has 0 amide bonds. The molecule has 0 heterocycles. The Bertz CT molecular complexity index is 469. The number of hydrogen-bond acceptors (Lipinski definition) is 2. The van der Waals surface area contributed by atoms with Gasteiger partial charge in [0.15, 0.2) is 0 Å². The van der Waals surface area contributed by atoms with E-state index < -0.39 is 17.6 Å². The molecule has 96 valence electrons. The number of allylic oxidation sites excluding steroid dienone is 2. The molecule has 1 aromatic carbocycles. The summed E-state index contributed by atoms with van der Waals surface area (Å²) in [6, 6.07) is 2.83. The van der Waals surface area contributed by atoms with Gasteiger partial charge in [0.2, 0.25) is 0 Å². The molecule has 1 unspecified atom stereocenters. The fourth-order valence-corrected chi connectivity index (χ4v) is 1.93. The first-order chi connectivity index (χ1) is 8.66. The van der Waals surface area contributed by atoms with Crippen LogP contribution in [0, 0.1) is 17.6 Å². The number of carbonyl (C=O) groups excluding carboxylic acids is 1. The molecule has 2 nitrogen and oxygen atoms in total. The van der Waals surface area contributed by atoms with E-state index in [0.29, 0.717) is 12.0 Å². The fourth-order valence-electron chi connectivity index (χ4n) is 1.93. The Hall–Kier alpha value is -1.71. The molecule has 0 fully saturated rings. The summed E-state index contributed by atoms with van der Waals surface area (Å²) < 4.78 is 31.1. The highest BCUT2D eigenvalue weighted by molar-refractivity contribution is 5.89. The Morgan fingerprint density at radius 1 is 1.33 bits per heavy atom. The molecule has 0 spiro atoms. The quantitative estimate of drug-likeness (QED) is 0.608. The second-order valence-corrected chi connectivity index (χ2v) is 4.37. The van der Waals surface area contributed by atoms with Gasteiger partial charge in [0.25, 0.3) is 0 Å². The average Bonchev–Trinajstić information content (AvgIpc) is 2.37. The number of ether oxygens (including phenoxy) is 1. The molecule has 0 radical (unpaired) electrons. The van der Waals surface area contributed by atoms with Gasteiger partial charge in [-0.2, -0.15) is 0 Å². The molecule has 1 aliphatic rings. The van der Waals surface area contributed by atoms with Crippen molar-refractivity contribution in [3.63, 3.8) is 0 Å². The van der Waals surface area contributed by atoms with Gasteiger partial charge in [-0.25, -0.2) is 13.6 Å². The first-order valence-corrected chi connectivity index (χ1v) is 5.94. The van der Waals surface area contributed by atoms with E-state index in [0.717, 1.165) is 31.4 Å². The van der Waals surface area contributed by atoms with Crippen LogP contribution in [0.15, 0.2) is 30.4 Å². The number of carbonyl (C=O) groups is 1. The molecule has 0 bridgehead atoms. The van der Waals surface area contributed by atoms with E-state index in [1.165, 1.54) is 0 Å². The minimum atomic E-state index is -0.886. The second kappa shape index (κ2) is 5.76. The Morgan fingerprint density at radius 2 is 2.17 bits per heavy atom. The SMILES string of the molecule is O=C(OCC1CC=CCC1)c1ccc(F)cc1F. The molecule has 0 saturated heterocycles. The summed E-state index contributed by atoms with van der Waals surface area (Å²) in [6.07, 6.45) is 6.97. The van der Waals surface area contributed by atoms with E-state index in [1.54, 1.807) is 0 Å². The predicted octanol–water partition coefficient (Wildman–Crippen LogP) is 3.48. The highest BCUT2D eigenvalue weighted by Crippen LogP contribution is 2.19. The van der Waals surface area contributed by atoms with Crippen molar-refractivity contribution in [2.75, 3.05) is 6.61 Å². The fraction of sp³-hybridized carbons (Fsp3) is 0.357. The van der Waals surface area contributed by atoms with Gasteiger partial charge in [0.1, 0.15) is 11.6 Å². The maximum Gasteiger partial charge on any atom is 0.341 e. The van der Waals surface area contributed by atoms with Crippen molar-refractivity contribution >= 4 is 5.97 Å². The van der Waals surface area contributed by atoms with Crippen molar-refractivity contribution in [2.24, 2.45) is 5.92 Å². The first-order valence-electron chi connectivity index (χ1n) is 5.94. The lowest BCUT2D eigenvalue weighted by Crippen LogP contribution is -2.16. The molecule has 4 heteroatoms. The summed E-state index contributed by atoms with van der Waals surface area (Å²) in [5, 5.41) is 0. The summed E-state index contributed by atoms with van der Waals surface area (Å²) in [5.74, 6) is -2.03. The van der Waals surface area contributed by atoms with Gasteiger partial charge in [-0.3, -0.25) is 0 Å². The molecule has 1 atom stereocenters.